The van der Waals surface area contributed by atoms with Crippen LogP contribution in [0.25, 0.3) is 0 Å². The molecule has 7 nitrogen and oxygen atoms in total. The highest BCUT2D eigenvalue weighted by Gasteiger charge is 2.48. The van der Waals surface area contributed by atoms with Crippen LogP contribution in [0.3, 0.4) is 0 Å². The van der Waals surface area contributed by atoms with Crippen LogP contribution in [0.4, 0.5) is 0 Å². The maximum absolute atomic E-state index is 10.8. The van der Waals surface area contributed by atoms with Crippen molar-refractivity contribution in [2.75, 3.05) is 35.5 Å². The van der Waals surface area contributed by atoms with Gasteiger partial charge in [-0.2, -0.15) is 0 Å². The average molecular weight is 457 g/mol. The summed E-state index contributed by atoms with van der Waals surface area (Å²) in [6.45, 7) is 8.37. The highest BCUT2D eigenvalue weighted by atomic mass is 16.7. The molecule has 0 aromatic heterocycles. The van der Waals surface area contributed by atoms with E-state index in [0.29, 0.717) is 17.8 Å². The summed E-state index contributed by atoms with van der Waals surface area (Å²) in [6, 6.07) is 0. The molecule has 32 heavy (non-hydrogen) atoms. The molecule has 1 N–H and O–H groups in total. The molecule has 1 heterocycles. The zero-order valence-electron chi connectivity index (χ0n) is 21.2. The van der Waals surface area contributed by atoms with Crippen molar-refractivity contribution in [2.24, 2.45) is 23.7 Å². The Morgan fingerprint density at radius 2 is 1.53 bits per heavy atom. The fourth-order valence-corrected chi connectivity index (χ4v) is 4.92. The van der Waals surface area contributed by atoms with Gasteiger partial charge in [-0.3, -0.25) is 0 Å². The van der Waals surface area contributed by atoms with Gasteiger partial charge in [0.25, 0.3) is 0 Å². The highest BCUT2D eigenvalue weighted by molar-refractivity contribution is 5.19. The van der Waals surface area contributed by atoms with Gasteiger partial charge in [-0.15, -0.1) is 0 Å². The topological polar surface area (TPSA) is 75.6 Å². The normalized spacial score (nSPS) is 37.3. The number of methoxy groups -OCH3 is 5. The zero-order valence-corrected chi connectivity index (χ0v) is 21.2. The van der Waals surface area contributed by atoms with E-state index in [-0.39, 0.29) is 42.5 Å². The third-order valence-corrected chi connectivity index (χ3v) is 7.42. The monoisotopic (exact) mass is 456 g/mol. The summed E-state index contributed by atoms with van der Waals surface area (Å²) in [6.07, 6.45) is 5.02. The summed E-state index contributed by atoms with van der Waals surface area (Å²) in [5.74, 6) is 1.37. The Labute approximate surface area is 194 Å². The summed E-state index contributed by atoms with van der Waals surface area (Å²) < 4.78 is 34.0. The van der Waals surface area contributed by atoms with Gasteiger partial charge in [-0.1, -0.05) is 32.1 Å². The van der Waals surface area contributed by atoms with Gasteiger partial charge in [0.1, 0.15) is 24.4 Å². The van der Waals surface area contributed by atoms with E-state index < -0.39 is 6.29 Å². The first kappa shape index (κ1) is 27.4. The third kappa shape index (κ3) is 6.20. The van der Waals surface area contributed by atoms with Gasteiger partial charge in [0.2, 0.25) is 0 Å². The molecule has 2 rings (SSSR count). The van der Waals surface area contributed by atoms with E-state index in [2.05, 4.69) is 26.8 Å². The summed E-state index contributed by atoms with van der Waals surface area (Å²) in [4.78, 5) is 0. The SMILES string of the molecule is CO[C@H]1O[C@H](/C(C)=C/C=C/[C@H](C)[C@@H](O)[C@H]2C[C@@H]2[C@H](C)[C@H](C)OC)[C@@H](OC)[C@H](OC)[C@H]1OC. The minimum absolute atomic E-state index is 0.0564. The Morgan fingerprint density at radius 3 is 2.06 bits per heavy atom. The molecular formula is C25H44O7. The molecular weight excluding hydrogens is 412 g/mol. The predicted molar refractivity (Wildman–Crippen MR) is 123 cm³/mol. The molecule has 0 amide bonds. The van der Waals surface area contributed by atoms with Gasteiger partial charge in [-0.05, 0) is 43.6 Å². The van der Waals surface area contributed by atoms with Gasteiger partial charge in [0, 0.05) is 41.5 Å². The lowest BCUT2D eigenvalue weighted by Crippen LogP contribution is -2.60. The smallest absolute Gasteiger partial charge is 0.186 e. The van der Waals surface area contributed by atoms with E-state index in [1.54, 1.807) is 35.5 Å². The first-order chi connectivity index (χ1) is 15.2. The predicted octanol–water partition coefficient (Wildman–Crippen LogP) is 3.21. The van der Waals surface area contributed by atoms with Crippen LogP contribution >= 0.6 is 0 Å². The quantitative estimate of drug-likeness (QED) is 0.452. The van der Waals surface area contributed by atoms with Crippen molar-refractivity contribution in [2.45, 2.75) is 77.0 Å². The second-order valence-corrected chi connectivity index (χ2v) is 9.27. The number of hydrogen-bond acceptors (Lipinski definition) is 7. The Balaban J connectivity index is 2.02. The summed E-state index contributed by atoms with van der Waals surface area (Å²) in [7, 11) is 8.23. The summed E-state index contributed by atoms with van der Waals surface area (Å²) in [5.41, 5.74) is 0.986. The van der Waals surface area contributed by atoms with E-state index in [1.807, 2.05) is 19.1 Å². The van der Waals surface area contributed by atoms with E-state index >= 15 is 0 Å². The molecule has 1 saturated carbocycles. The lowest BCUT2D eigenvalue weighted by molar-refractivity contribution is -0.295. The first-order valence-corrected chi connectivity index (χ1v) is 11.6. The molecule has 11 atom stereocenters. The van der Waals surface area contributed by atoms with Crippen molar-refractivity contribution >= 4 is 0 Å². The van der Waals surface area contributed by atoms with E-state index in [1.165, 1.54) is 0 Å². The third-order valence-electron chi connectivity index (χ3n) is 7.42. The second kappa shape index (κ2) is 12.6. The zero-order chi connectivity index (χ0) is 24.0. The van der Waals surface area contributed by atoms with Crippen LogP contribution in [0.5, 0.6) is 0 Å². The molecule has 2 fully saturated rings. The van der Waals surface area contributed by atoms with Gasteiger partial charge in [0.15, 0.2) is 6.29 Å². The summed E-state index contributed by atoms with van der Waals surface area (Å²) >= 11 is 0. The van der Waals surface area contributed by atoms with Crippen LogP contribution < -0.4 is 0 Å². The molecule has 0 aromatic carbocycles. The van der Waals surface area contributed by atoms with Crippen molar-refractivity contribution in [1.29, 1.82) is 0 Å². The maximum atomic E-state index is 10.8. The number of allylic oxidation sites excluding steroid dienone is 2. The van der Waals surface area contributed by atoms with Crippen LogP contribution in [-0.2, 0) is 28.4 Å². The van der Waals surface area contributed by atoms with Crippen molar-refractivity contribution in [3.05, 3.63) is 23.8 Å². The van der Waals surface area contributed by atoms with Gasteiger partial charge >= 0.3 is 0 Å². The average Bonchev–Trinajstić information content (AvgIpc) is 3.61. The van der Waals surface area contributed by atoms with Crippen molar-refractivity contribution in [1.82, 2.24) is 0 Å². The molecule has 1 aliphatic carbocycles. The maximum Gasteiger partial charge on any atom is 0.186 e. The Bertz CT molecular complexity index is 621. The lowest BCUT2D eigenvalue weighted by atomic mass is 9.92. The molecule has 7 heteroatoms. The van der Waals surface area contributed by atoms with Crippen LogP contribution in [0.15, 0.2) is 23.8 Å². The number of aliphatic hydroxyl groups excluding tert-OH is 1. The van der Waals surface area contributed by atoms with Gasteiger partial charge in [-0.25, -0.2) is 0 Å². The molecule has 0 spiro atoms. The summed E-state index contributed by atoms with van der Waals surface area (Å²) in [5, 5.41) is 10.8. The van der Waals surface area contributed by atoms with Gasteiger partial charge in [0.05, 0.1) is 12.2 Å². The highest BCUT2D eigenvalue weighted by Crippen LogP contribution is 2.49. The Morgan fingerprint density at radius 1 is 0.906 bits per heavy atom. The van der Waals surface area contributed by atoms with Crippen LogP contribution in [0.1, 0.15) is 34.1 Å². The molecule has 1 aliphatic heterocycles. The first-order valence-electron chi connectivity index (χ1n) is 11.6. The molecule has 0 bridgehead atoms. The minimum atomic E-state index is -0.558. The van der Waals surface area contributed by atoms with E-state index in [4.69, 9.17) is 28.4 Å². The van der Waals surface area contributed by atoms with Crippen LogP contribution in [-0.4, -0.2) is 83.6 Å². The second-order valence-electron chi connectivity index (χ2n) is 9.27. The van der Waals surface area contributed by atoms with E-state index in [0.717, 1.165) is 12.0 Å². The minimum Gasteiger partial charge on any atom is -0.392 e. The van der Waals surface area contributed by atoms with Crippen LogP contribution in [0, 0.1) is 23.7 Å². The molecule has 186 valence electrons. The Hall–Kier alpha value is -0.800. The van der Waals surface area contributed by atoms with Crippen LogP contribution in [0.2, 0.25) is 0 Å². The fourth-order valence-electron chi connectivity index (χ4n) is 4.92. The number of ether oxygens (including phenoxy) is 6. The fraction of sp³-hybridized carbons (Fsp3) is 0.840. The van der Waals surface area contributed by atoms with Gasteiger partial charge < -0.3 is 33.5 Å². The lowest BCUT2D eigenvalue weighted by Gasteiger charge is -2.44. The Kier molecular flexibility index (Phi) is 10.8. The molecule has 0 radical (unpaired) electrons. The molecule has 2 aliphatic rings. The molecule has 1 saturated heterocycles. The van der Waals surface area contributed by atoms with Crippen molar-refractivity contribution in [3.8, 4) is 0 Å². The standard InChI is InChI=1S/C25H44O7/c1-14(20(26)19-13-18(19)16(3)17(4)27-5)11-10-12-15(2)21-22(28-6)23(29-7)24(30-8)25(31-9)32-21/h10-12,14,16-26H,13H2,1-9H3/b11-10+,15-12+/t14-,16+,17-,18+,19-,20+,21+,22+,23-,24+,25-/m0/s1. The number of aliphatic hydroxyl groups is 1. The molecule has 0 unspecified atom stereocenters. The molecule has 0 aromatic rings. The number of rotatable bonds is 12. The van der Waals surface area contributed by atoms with E-state index in [9.17, 15) is 5.11 Å². The van der Waals surface area contributed by atoms with Crippen molar-refractivity contribution in [3.63, 3.8) is 0 Å². The largest absolute Gasteiger partial charge is 0.392 e. The number of hydrogen-bond donors (Lipinski definition) is 1. The van der Waals surface area contributed by atoms with Crippen molar-refractivity contribution < 1.29 is 33.5 Å².